The van der Waals surface area contributed by atoms with Crippen LogP contribution in [0, 0.1) is 0 Å². The van der Waals surface area contributed by atoms with E-state index < -0.39 is 0 Å². The molecule has 0 spiro atoms. The Bertz CT molecular complexity index is 289. The Morgan fingerprint density at radius 2 is 2.07 bits per heavy atom. The molecule has 0 heterocycles. The highest BCUT2D eigenvalue weighted by Crippen LogP contribution is 2.15. The van der Waals surface area contributed by atoms with Crippen LogP contribution in [0.15, 0.2) is 24.3 Å². The number of hydrogen-bond donors (Lipinski definition) is 1. The highest BCUT2D eigenvalue weighted by Gasteiger charge is 2.02. The van der Waals surface area contributed by atoms with E-state index in [-0.39, 0.29) is 5.38 Å². The molecule has 1 aromatic carbocycles. The van der Waals surface area contributed by atoms with Gasteiger partial charge in [0.1, 0.15) is 5.75 Å². The summed E-state index contributed by atoms with van der Waals surface area (Å²) in [5, 5.41) is 9.35. The SMILES string of the molecule is Oc1cccc(CCCCC(Cl)CCl)c1. The summed E-state index contributed by atoms with van der Waals surface area (Å²) in [6.07, 6.45) is 4.12. The molecule has 0 aliphatic carbocycles. The minimum absolute atomic E-state index is 0.0934. The molecule has 1 atom stereocenters. The molecule has 1 nitrogen and oxygen atoms in total. The highest BCUT2D eigenvalue weighted by atomic mass is 35.5. The summed E-state index contributed by atoms with van der Waals surface area (Å²) >= 11 is 11.5. The van der Waals surface area contributed by atoms with Crippen LogP contribution in [0.25, 0.3) is 0 Å². The van der Waals surface area contributed by atoms with Crippen molar-refractivity contribution >= 4 is 23.2 Å². The molecule has 0 amide bonds. The molecule has 84 valence electrons. The Kier molecular flexibility index (Phi) is 5.89. The lowest BCUT2D eigenvalue weighted by Crippen LogP contribution is -1.99. The predicted molar refractivity (Wildman–Crippen MR) is 66.0 cm³/mol. The second kappa shape index (κ2) is 6.97. The molecule has 1 aromatic rings. The third-order valence-corrected chi connectivity index (χ3v) is 3.21. The molecule has 1 unspecified atom stereocenters. The quantitative estimate of drug-likeness (QED) is 0.596. The largest absolute Gasteiger partial charge is 0.508 e. The first-order valence-corrected chi connectivity index (χ1v) is 6.17. The summed E-state index contributed by atoms with van der Waals surface area (Å²) < 4.78 is 0. The number of alkyl halides is 2. The normalized spacial score (nSPS) is 12.7. The molecule has 0 aliphatic rings. The number of aromatic hydroxyl groups is 1. The first kappa shape index (κ1) is 12.7. The van der Waals surface area contributed by atoms with Crippen LogP contribution in [-0.2, 0) is 6.42 Å². The average molecular weight is 247 g/mol. The van der Waals surface area contributed by atoms with E-state index in [2.05, 4.69) is 0 Å². The van der Waals surface area contributed by atoms with Crippen LogP contribution in [0.2, 0.25) is 0 Å². The summed E-state index contributed by atoms with van der Waals surface area (Å²) in [5.41, 5.74) is 1.17. The zero-order valence-electron chi connectivity index (χ0n) is 8.63. The average Bonchev–Trinajstić information content (AvgIpc) is 2.24. The van der Waals surface area contributed by atoms with Crippen molar-refractivity contribution in [1.82, 2.24) is 0 Å². The molecule has 3 heteroatoms. The van der Waals surface area contributed by atoms with E-state index in [9.17, 15) is 5.11 Å². The fourth-order valence-electron chi connectivity index (χ4n) is 1.48. The van der Waals surface area contributed by atoms with Crippen molar-refractivity contribution in [2.75, 3.05) is 5.88 Å². The van der Waals surface area contributed by atoms with Crippen LogP contribution in [0.4, 0.5) is 0 Å². The first-order chi connectivity index (χ1) is 7.22. The number of rotatable bonds is 6. The van der Waals surface area contributed by atoms with Gasteiger partial charge in [0.15, 0.2) is 0 Å². The second-order valence-corrected chi connectivity index (χ2v) is 4.59. The van der Waals surface area contributed by atoms with Crippen molar-refractivity contribution < 1.29 is 5.11 Å². The van der Waals surface area contributed by atoms with E-state index in [1.165, 1.54) is 5.56 Å². The van der Waals surface area contributed by atoms with Gasteiger partial charge in [-0.15, -0.1) is 23.2 Å². The molecule has 0 saturated heterocycles. The van der Waals surface area contributed by atoms with Gasteiger partial charge in [-0.3, -0.25) is 0 Å². The Labute approximate surface area is 101 Å². The van der Waals surface area contributed by atoms with Crippen LogP contribution < -0.4 is 0 Å². The maximum Gasteiger partial charge on any atom is 0.115 e. The number of unbranched alkanes of at least 4 members (excludes halogenated alkanes) is 1. The van der Waals surface area contributed by atoms with E-state index in [0.29, 0.717) is 11.6 Å². The Morgan fingerprint density at radius 1 is 1.27 bits per heavy atom. The van der Waals surface area contributed by atoms with Crippen LogP contribution in [0.1, 0.15) is 24.8 Å². The standard InChI is InChI=1S/C12H16Cl2O/c13-9-11(14)6-2-1-4-10-5-3-7-12(15)8-10/h3,5,7-8,11,15H,1-2,4,6,9H2. The third-order valence-electron chi connectivity index (χ3n) is 2.31. The topological polar surface area (TPSA) is 20.2 Å². The molecule has 1 rings (SSSR count). The van der Waals surface area contributed by atoms with Crippen LogP contribution in [-0.4, -0.2) is 16.4 Å². The monoisotopic (exact) mass is 246 g/mol. The van der Waals surface area contributed by atoms with Crippen molar-refractivity contribution in [1.29, 1.82) is 0 Å². The summed E-state index contributed by atoms with van der Waals surface area (Å²) in [4.78, 5) is 0. The summed E-state index contributed by atoms with van der Waals surface area (Å²) in [6, 6.07) is 7.39. The van der Waals surface area contributed by atoms with Crippen molar-refractivity contribution in [3.8, 4) is 5.75 Å². The molecule has 0 saturated carbocycles. The third kappa shape index (κ3) is 5.29. The molecule has 0 aromatic heterocycles. The molecule has 0 bridgehead atoms. The fourth-order valence-corrected chi connectivity index (χ4v) is 1.79. The summed E-state index contributed by atoms with van der Waals surface area (Å²) in [7, 11) is 0. The number of phenols is 1. The Morgan fingerprint density at radius 3 is 2.73 bits per heavy atom. The Hall–Kier alpha value is -0.400. The van der Waals surface area contributed by atoms with Crippen molar-refractivity contribution in [3.63, 3.8) is 0 Å². The molecule has 0 fully saturated rings. The van der Waals surface area contributed by atoms with Gasteiger partial charge >= 0.3 is 0 Å². The lowest BCUT2D eigenvalue weighted by Gasteiger charge is -2.05. The van der Waals surface area contributed by atoms with Gasteiger partial charge in [-0.2, -0.15) is 0 Å². The number of phenolic OH excluding ortho intramolecular Hbond substituents is 1. The smallest absolute Gasteiger partial charge is 0.115 e. The van der Waals surface area contributed by atoms with Crippen LogP contribution in [0.3, 0.4) is 0 Å². The van der Waals surface area contributed by atoms with Gasteiger partial charge in [-0.25, -0.2) is 0 Å². The van der Waals surface area contributed by atoms with E-state index in [0.717, 1.165) is 25.7 Å². The van der Waals surface area contributed by atoms with Crippen molar-refractivity contribution in [2.24, 2.45) is 0 Å². The summed E-state index contributed by atoms with van der Waals surface area (Å²) in [5.74, 6) is 0.858. The molecule has 0 radical (unpaired) electrons. The van der Waals surface area contributed by atoms with Gasteiger partial charge in [0.25, 0.3) is 0 Å². The van der Waals surface area contributed by atoms with Crippen LogP contribution >= 0.6 is 23.2 Å². The van der Waals surface area contributed by atoms with Crippen LogP contribution in [0.5, 0.6) is 5.75 Å². The molecule has 0 aliphatic heterocycles. The highest BCUT2D eigenvalue weighted by molar-refractivity contribution is 6.28. The maximum absolute atomic E-state index is 9.26. The van der Waals surface area contributed by atoms with Crippen molar-refractivity contribution in [2.45, 2.75) is 31.1 Å². The second-order valence-electron chi connectivity index (χ2n) is 3.67. The minimum Gasteiger partial charge on any atom is -0.508 e. The van der Waals surface area contributed by atoms with Gasteiger partial charge in [0.2, 0.25) is 0 Å². The lowest BCUT2D eigenvalue weighted by atomic mass is 10.1. The van der Waals surface area contributed by atoms with Gasteiger partial charge < -0.3 is 5.11 Å². The minimum atomic E-state index is 0.0934. The molecule has 1 N–H and O–H groups in total. The lowest BCUT2D eigenvalue weighted by molar-refractivity contribution is 0.474. The summed E-state index contributed by atoms with van der Waals surface area (Å²) in [6.45, 7) is 0. The van der Waals surface area contributed by atoms with E-state index in [1.807, 2.05) is 12.1 Å². The Balaban J connectivity index is 2.20. The molecule has 15 heavy (non-hydrogen) atoms. The van der Waals surface area contributed by atoms with Gasteiger partial charge in [0, 0.05) is 11.3 Å². The van der Waals surface area contributed by atoms with E-state index in [1.54, 1.807) is 12.1 Å². The zero-order valence-corrected chi connectivity index (χ0v) is 10.1. The van der Waals surface area contributed by atoms with E-state index in [4.69, 9.17) is 23.2 Å². The van der Waals surface area contributed by atoms with Crippen molar-refractivity contribution in [3.05, 3.63) is 29.8 Å². The van der Waals surface area contributed by atoms with Gasteiger partial charge in [-0.05, 0) is 37.0 Å². The number of halogens is 2. The number of benzene rings is 1. The van der Waals surface area contributed by atoms with E-state index >= 15 is 0 Å². The number of aryl methyl sites for hydroxylation is 1. The first-order valence-electron chi connectivity index (χ1n) is 5.20. The maximum atomic E-state index is 9.26. The van der Waals surface area contributed by atoms with Gasteiger partial charge in [-0.1, -0.05) is 18.6 Å². The molecular weight excluding hydrogens is 231 g/mol. The predicted octanol–water partition coefficient (Wildman–Crippen LogP) is 3.95. The number of hydrogen-bond acceptors (Lipinski definition) is 1. The van der Waals surface area contributed by atoms with Gasteiger partial charge in [0.05, 0.1) is 0 Å². The molecular formula is C12H16Cl2O. The zero-order chi connectivity index (χ0) is 11.1. The fraction of sp³-hybridized carbons (Fsp3) is 0.500.